The van der Waals surface area contributed by atoms with Crippen LogP contribution in [0.1, 0.15) is 19.4 Å². The number of likely N-dealkylation sites (N-methyl/N-ethyl adjacent to an activating group) is 1. The summed E-state index contributed by atoms with van der Waals surface area (Å²) >= 11 is 6.20. The number of imide groups is 1. The summed E-state index contributed by atoms with van der Waals surface area (Å²) < 4.78 is 13.1. The van der Waals surface area contributed by atoms with Crippen molar-refractivity contribution in [2.75, 3.05) is 18.0 Å². The van der Waals surface area contributed by atoms with E-state index in [1.54, 1.807) is 38.1 Å². The van der Waals surface area contributed by atoms with Crippen LogP contribution in [0.2, 0.25) is 5.02 Å². The highest BCUT2D eigenvalue weighted by Crippen LogP contribution is 2.33. The molecule has 0 aromatic heterocycles. The van der Waals surface area contributed by atoms with E-state index in [2.05, 4.69) is 5.32 Å². The summed E-state index contributed by atoms with van der Waals surface area (Å²) in [6.45, 7) is 3.17. The van der Waals surface area contributed by atoms with E-state index in [0.29, 0.717) is 22.8 Å². The molecule has 0 bridgehead atoms. The topological polar surface area (TPSA) is 69.7 Å². The highest BCUT2D eigenvalue weighted by molar-refractivity contribution is 6.32. The Hall–Kier alpha value is -2.93. The predicted molar refractivity (Wildman–Crippen MR) is 103 cm³/mol. The monoisotopic (exact) mass is 403 g/mol. The number of halogens is 2. The van der Waals surface area contributed by atoms with Crippen molar-refractivity contribution in [3.63, 3.8) is 0 Å². The van der Waals surface area contributed by atoms with Crippen molar-refractivity contribution in [2.45, 2.75) is 19.4 Å². The number of urea groups is 1. The van der Waals surface area contributed by atoms with Crippen LogP contribution in [0.4, 0.5) is 14.9 Å². The van der Waals surface area contributed by atoms with Crippen molar-refractivity contribution in [3.05, 3.63) is 64.9 Å². The van der Waals surface area contributed by atoms with Gasteiger partial charge in [0.15, 0.2) is 0 Å². The number of rotatable bonds is 5. The third-order valence-corrected chi connectivity index (χ3v) is 5.07. The first-order chi connectivity index (χ1) is 13.3. The lowest BCUT2D eigenvalue weighted by atomic mass is 9.92. The molecular weight excluding hydrogens is 385 g/mol. The molecule has 0 aliphatic carbocycles. The first kappa shape index (κ1) is 19.8. The second-order valence-corrected chi connectivity index (χ2v) is 6.95. The molecule has 1 aliphatic heterocycles. The van der Waals surface area contributed by atoms with Gasteiger partial charge in [-0.25, -0.2) is 9.18 Å². The highest BCUT2D eigenvalue weighted by atomic mass is 35.5. The second-order valence-electron chi connectivity index (χ2n) is 6.54. The SMILES string of the molecule is CCN(C(=O)CN1C(=O)N[C@](C)(c2ccccc2Cl)C1=O)c1ccc(F)cc1. The van der Waals surface area contributed by atoms with E-state index in [4.69, 9.17) is 11.6 Å². The van der Waals surface area contributed by atoms with Crippen LogP contribution in [-0.2, 0) is 15.1 Å². The number of hydrogen-bond donors (Lipinski definition) is 1. The summed E-state index contributed by atoms with van der Waals surface area (Å²) in [6, 6.07) is 11.5. The zero-order valence-electron chi connectivity index (χ0n) is 15.4. The summed E-state index contributed by atoms with van der Waals surface area (Å²) in [6.07, 6.45) is 0. The van der Waals surface area contributed by atoms with Gasteiger partial charge in [0.1, 0.15) is 17.9 Å². The fourth-order valence-corrected chi connectivity index (χ4v) is 3.56. The lowest BCUT2D eigenvalue weighted by molar-refractivity contribution is -0.134. The number of carbonyl (C=O) groups excluding carboxylic acids is 3. The van der Waals surface area contributed by atoms with Crippen molar-refractivity contribution < 1.29 is 18.8 Å². The molecule has 1 saturated heterocycles. The third kappa shape index (κ3) is 3.45. The highest BCUT2D eigenvalue weighted by Gasteiger charge is 2.50. The minimum Gasteiger partial charge on any atom is -0.319 e. The first-order valence-electron chi connectivity index (χ1n) is 8.73. The van der Waals surface area contributed by atoms with Gasteiger partial charge in [-0.15, -0.1) is 0 Å². The Morgan fingerprint density at radius 1 is 1.18 bits per heavy atom. The van der Waals surface area contributed by atoms with Gasteiger partial charge in [-0.2, -0.15) is 0 Å². The number of carbonyl (C=O) groups is 3. The van der Waals surface area contributed by atoms with Crippen molar-refractivity contribution in [2.24, 2.45) is 0 Å². The predicted octanol–water partition coefficient (Wildman–Crippen LogP) is 3.30. The summed E-state index contributed by atoms with van der Waals surface area (Å²) in [5.41, 5.74) is -0.423. The van der Waals surface area contributed by atoms with E-state index in [-0.39, 0.29) is 0 Å². The Morgan fingerprint density at radius 3 is 2.43 bits per heavy atom. The molecule has 0 spiro atoms. The maximum atomic E-state index is 13.1. The van der Waals surface area contributed by atoms with Crippen LogP contribution in [0, 0.1) is 5.82 Å². The smallest absolute Gasteiger partial charge is 0.319 e. The molecule has 1 aliphatic rings. The Balaban J connectivity index is 1.83. The molecule has 3 rings (SSSR count). The van der Waals surface area contributed by atoms with Gasteiger partial charge in [0.2, 0.25) is 5.91 Å². The van der Waals surface area contributed by atoms with E-state index in [1.165, 1.54) is 29.2 Å². The molecule has 2 aromatic rings. The lowest BCUT2D eigenvalue weighted by Gasteiger charge is -2.25. The van der Waals surface area contributed by atoms with Gasteiger partial charge in [-0.3, -0.25) is 14.5 Å². The van der Waals surface area contributed by atoms with Gasteiger partial charge in [0.05, 0.1) is 0 Å². The van der Waals surface area contributed by atoms with Crippen molar-refractivity contribution >= 4 is 35.1 Å². The number of anilines is 1. The standard InChI is InChI=1S/C20H19ClFN3O3/c1-3-24(14-10-8-13(22)9-11-14)17(26)12-25-18(27)20(2,23-19(25)28)15-6-4-5-7-16(15)21/h4-11H,3,12H2,1-2H3,(H,23,28)/t20-/m1/s1. The van der Waals surface area contributed by atoms with E-state index in [0.717, 1.165) is 4.90 Å². The molecule has 0 saturated carbocycles. The Morgan fingerprint density at radius 2 is 1.82 bits per heavy atom. The van der Waals surface area contributed by atoms with Crippen LogP contribution >= 0.6 is 11.6 Å². The van der Waals surface area contributed by atoms with E-state index in [9.17, 15) is 18.8 Å². The normalized spacial score (nSPS) is 18.9. The zero-order valence-corrected chi connectivity index (χ0v) is 16.2. The summed E-state index contributed by atoms with van der Waals surface area (Å²) in [7, 11) is 0. The summed E-state index contributed by atoms with van der Waals surface area (Å²) in [5.74, 6) is -1.44. The molecule has 28 heavy (non-hydrogen) atoms. The molecule has 0 radical (unpaired) electrons. The molecule has 8 heteroatoms. The molecule has 0 unspecified atom stereocenters. The van der Waals surface area contributed by atoms with Gasteiger partial charge >= 0.3 is 6.03 Å². The van der Waals surface area contributed by atoms with Crippen LogP contribution in [0.25, 0.3) is 0 Å². The van der Waals surface area contributed by atoms with Crippen LogP contribution in [-0.4, -0.2) is 35.8 Å². The summed E-state index contributed by atoms with van der Waals surface area (Å²) in [5, 5.41) is 2.97. The fourth-order valence-electron chi connectivity index (χ4n) is 3.23. The lowest BCUT2D eigenvalue weighted by Crippen LogP contribution is -2.44. The molecule has 1 fully saturated rings. The Labute approximate surface area is 166 Å². The molecule has 4 amide bonds. The van der Waals surface area contributed by atoms with Crippen LogP contribution in [0.3, 0.4) is 0 Å². The molecule has 1 atom stereocenters. The largest absolute Gasteiger partial charge is 0.325 e. The van der Waals surface area contributed by atoms with E-state index in [1.807, 2.05) is 0 Å². The van der Waals surface area contributed by atoms with Gasteiger partial charge in [0, 0.05) is 22.8 Å². The van der Waals surface area contributed by atoms with Gasteiger partial charge < -0.3 is 10.2 Å². The molecule has 146 valence electrons. The van der Waals surface area contributed by atoms with Crippen LogP contribution in [0.15, 0.2) is 48.5 Å². The Bertz CT molecular complexity index is 935. The second kappa shape index (κ2) is 7.59. The molecule has 6 nitrogen and oxygen atoms in total. The van der Waals surface area contributed by atoms with E-state index < -0.39 is 35.7 Å². The van der Waals surface area contributed by atoms with Gasteiger partial charge in [-0.05, 0) is 44.2 Å². The maximum absolute atomic E-state index is 13.1. The van der Waals surface area contributed by atoms with Crippen LogP contribution in [0.5, 0.6) is 0 Å². The minimum absolute atomic E-state index is 0.301. The summed E-state index contributed by atoms with van der Waals surface area (Å²) in [4.78, 5) is 40.4. The average molecular weight is 404 g/mol. The number of benzene rings is 2. The molecule has 1 N–H and O–H groups in total. The molecule has 2 aromatic carbocycles. The first-order valence-corrected chi connectivity index (χ1v) is 9.10. The zero-order chi connectivity index (χ0) is 20.5. The molecular formula is C20H19ClFN3O3. The number of nitrogens with one attached hydrogen (secondary N) is 1. The fraction of sp³-hybridized carbons (Fsp3) is 0.250. The molecule has 1 heterocycles. The Kier molecular flexibility index (Phi) is 5.38. The average Bonchev–Trinajstić information content (AvgIpc) is 2.88. The number of amides is 4. The van der Waals surface area contributed by atoms with Crippen molar-refractivity contribution in [3.8, 4) is 0 Å². The van der Waals surface area contributed by atoms with Crippen molar-refractivity contribution in [1.82, 2.24) is 10.2 Å². The maximum Gasteiger partial charge on any atom is 0.325 e. The van der Waals surface area contributed by atoms with Crippen molar-refractivity contribution in [1.29, 1.82) is 0 Å². The van der Waals surface area contributed by atoms with Gasteiger partial charge in [-0.1, -0.05) is 29.8 Å². The number of hydrogen-bond acceptors (Lipinski definition) is 3. The quantitative estimate of drug-likeness (QED) is 0.779. The van der Waals surface area contributed by atoms with Gasteiger partial charge in [0.25, 0.3) is 5.91 Å². The minimum atomic E-state index is -1.36. The van der Waals surface area contributed by atoms with Crippen LogP contribution < -0.4 is 10.2 Å². The van der Waals surface area contributed by atoms with E-state index >= 15 is 0 Å². The number of nitrogens with zero attached hydrogens (tertiary/aromatic N) is 2. The third-order valence-electron chi connectivity index (χ3n) is 4.74.